The van der Waals surface area contributed by atoms with E-state index in [1.54, 1.807) is 12.1 Å². The molecule has 1 aliphatic rings. The summed E-state index contributed by atoms with van der Waals surface area (Å²) in [4.78, 5) is 22.8. The molecule has 0 unspecified atom stereocenters. The fourth-order valence-corrected chi connectivity index (χ4v) is 3.36. The van der Waals surface area contributed by atoms with Crippen LogP contribution in [-0.4, -0.2) is 24.2 Å². The highest BCUT2D eigenvalue weighted by molar-refractivity contribution is 5.85. The molecule has 2 aromatic carbocycles. The molecule has 0 saturated heterocycles. The normalized spacial score (nSPS) is 17.6. The molecule has 3 aromatic rings. The second-order valence-electron chi connectivity index (χ2n) is 6.94. The number of hydrazone groups is 1. The van der Waals surface area contributed by atoms with E-state index in [9.17, 15) is 14.9 Å². The number of nitrogens with zero attached hydrogens (tertiary/aromatic N) is 2. The summed E-state index contributed by atoms with van der Waals surface area (Å²) in [6.45, 7) is 0. The first kappa shape index (κ1) is 19.4. The third kappa shape index (κ3) is 4.07. The molecule has 4 rings (SSSR count). The van der Waals surface area contributed by atoms with Crippen molar-refractivity contribution >= 4 is 17.8 Å². The van der Waals surface area contributed by atoms with E-state index in [4.69, 9.17) is 9.15 Å². The van der Waals surface area contributed by atoms with Gasteiger partial charge in [-0.05, 0) is 36.1 Å². The van der Waals surface area contributed by atoms with E-state index in [1.807, 2.05) is 30.3 Å². The Bertz CT molecular complexity index is 1110. The third-order valence-electron chi connectivity index (χ3n) is 5.01. The summed E-state index contributed by atoms with van der Waals surface area (Å²) in [7, 11) is 1.48. The highest BCUT2D eigenvalue weighted by atomic mass is 16.6. The number of hydrogen-bond acceptors (Lipinski definition) is 6. The molecule has 1 saturated carbocycles. The zero-order chi connectivity index (χ0) is 21.1. The Morgan fingerprint density at radius 3 is 2.77 bits per heavy atom. The number of furan rings is 1. The topological polar surface area (TPSA) is 107 Å². The predicted molar refractivity (Wildman–Crippen MR) is 110 cm³/mol. The van der Waals surface area contributed by atoms with Crippen LogP contribution in [0.4, 0.5) is 5.69 Å². The molecule has 0 radical (unpaired) electrons. The fraction of sp³-hybridized carbons (Fsp3) is 0.182. The lowest BCUT2D eigenvalue weighted by molar-refractivity contribution is -0.384. The Kier molecular flexibility index (Phi) is 5.30. The van der Waals surface area contributed by atoms with E-state index in [1.165, 1.54) is 31.5 Å². The second-order valence-corrected chi connectivity index (χ2v) is 6.94. The Hall–Kier alpha value is -3.94. The van der Waals surface area contributed by atoms with Crippen molar-refractivity contribution in [1.82, 2.24) is 5.43 Å². The van der Waals surface area contributed by atoms with Crippen LogP contribution in [0.25, 0.3) is 11.3 Å². The minimum atomic E-state index is -0.482. The van der Waals surface area contributed by atoms with Crippen molar-refractivity contribution in [2.75, 3.05) is 7.11 Å². The number of nitro benzene ring substituents is 1. The molecule has 1 N–H and O–H groups in total. The zero-order valence-corrected chi connectivity index (χ0v) is 16.1. The maximum atomic E-state index is 12.3. The van der Waals surface area contributed by atoms with Crippen LogP contribution in [0.15, 0.2) is 70.2 Å². The summed E-state index contributed by atoms with van der Waals surface area (Å²) >= 11 is 0. The number of non-ortho nitro benzene ring substituents is 1. The number of nitro groups is 1. The van der Waals surface area contributed by atoms with Gasteiger partial charge in [-0.2, -0.15) is 5.10 Å². The van der Waals surface area contributed by atoms with Gasteiger partial charge in [0.1, 0.15) is 17.3 Å². The smallest absolute Gasteiger partial charge is 0.270 e. The molecule has 0 spiro atoms. The SMILES string of the molecule is COc1ccc([N+](=O)[O-])cc1-c1ccc(/C=N\NC(=O)[C@H]2C[C@@H]2c2ccccc2)o1. The van der Waals surface area contributed by atoms with E-state index >= 15 is 0 Å². The van der Waals surface area contributed by atoms with Gasteiger partial charge in [-0.3, -0.25) is 14.9 Å². The number of methoxy groups -OCH3 is 1. The standard InChI is InChI=1S/C22H19N3O5/c1-29-20-9-7-15(25(27)28)11-19(20)21-10-8-16(30-21)13-23-24-22(26)18-12-17(18)14-5-3-2-4-6-14/h2-11,13,17-18H,12H2,1H3,(H,24,26)/b23-13-/t17-,18+/m1/s1. The molecule has 1 heterocycles. The minimum absolute atomic E-state index is 0.0675. The molecule has 8 heteroatoms. The van der Waals surface area contributed by atoms with Crippen molar-refractivity contribution in [3.05, 3.63) is 82.1 Å². The first-order chi connectivity index (χ1) is 14.6. The molecule has 1 amide bonds. The van der Waals surface area contributed by atoms with Crippen molar-refractivity contribution in [3.63, 3.8) is 0 Å². The quantitative estimate of drug-likeness (QED) is 0.361. The van der Waals surface area contributed by atoms with Gasteiger partial charge in [0.05, 0.1) is 23.8 Å². The van der Waals surface area contributed by atoms with E-state index in [0.717, 1.165) is 12.0 Å². The number of amides is 1. The van der Waals surface area contributed by atoms with E-state index in [0.29, 0.717) is 22.8 Å². The highest BCUT2D eigenvalue weighted by Gasteiger charge is 2.43. The van der Waals surface area contributed by atoms with Crippen LogP contribution in [0, 0.1) is 16.0 Å². The molecular formula is C22H19N3O5. The number of hydrogen-bond donors (Lipinski definition) is 1. The van der Waals surface area contributed by atoms with Gasteiger partial charge < -0.3 is 9.15 Å². The van der Waals surface area contributed by atoms with Gasteiger partial charge in [-0.25, -0.2) is 5.43 Å². The summed E-state index contributed by atoms with van der Waals surface area (Å²) in [6.07, 6.45) is 2.20. The lowest BCUT2D eigenvalue weighted by atomic mass is 10.1. The van der Waals surface area contributed by atoms with E-state index in [2.05, 4.69) is 10.5 Å². The average Bonchev–Trinajstić information content (AvgIpc) is 3.44. The Morgan fingerprint density at radius 1 is 1.23 bits per heavy atom. The molecule has 0 aliphatic heterocycles. The molecule has 1 aromatic heterocycles. The third-order valence-corrected chi connectivity index (χ3v) is 5.01. The van der Waals surface area contributed by atoms with E-state index in [-0.39, 0.29) is 23.4 Å². The number of ether oxygens (including phenoxy) is 1. The maximum absolute atomic E-state index is 12.3. The first-order valence-electron chi connectivity index (χ1n) is 9.37. The predicted octanol–water partition coefficient (Wildman–Crippen LogP) is 4.12. The van der Waals surface area contributed by atoms with Crippen molar-refractivity contribution in [2.24, 2.45) is 11.0 Å². The summed E-state index contributed by atoms with van der Waals surface area (Å²) in [5.41, 5.74) is 4.09. The van der Waals surface area contributed by atoms with Gasteiger partial charge in [0.15, 0.2) is 0 Å². The van der Waals surface area contributed by atoms with Crippen molar-refractivity contribution < 1.29 is 18.9 Å². The number of carbonyl (C=O) groups excluding carboxylic acids is 1. The monoisotopic (exact) mass is 405 g/mol. The maximum Gasteiger partial charge on any atom is 0.270 e. The van der Waals surface area contributed by atoms with Crippen LogP contribution in [-0.2, 0) is 4.79 Å². The van der Waals surface area contributed by atoms with Crippen molar-refractivity contribution in [1.29, 1.82) is 0 Å². The molecule has 1 fully saturated rings. The molecule has 1 aliphatic carbocycles. The van der Waals surface area contributed by atoms with Crippen LogP contribution in [0.3, 0.4) is 0 Å². The van der Waals surface area contributed by atoms with Gasteiger partial charge in [0, 0.05) is 18.1 Å². The first-order valence-corrected chi connectivity index (χ1v) is 9.37. The van der Waals surface area contributed by atoms with Crippen LogP contribution in [0.2, 0.25) is 0 Å². The minimum Gasteiger partial charge on any atom is -0.496 e. The van der Waals surface area contributed by atoms with Crippen LogP contribution in [0.1, 0.15) is 23.7 Å². The molecule has 2 atom stereocenters. The number of nitrogens with one attached hydrogen (secondary N) is 1. The number of benzene rings is 2. The van der Waals surface area contributed by atoms with Crippen LogP contribution in [0.5, 0.6) is 5.75 Å². The summed E-state index contributed by atoms with van der Waals surface area (Å²) in [5.74, 6) is 1.27. The Morgan fingerprint density at radius 2 is 2.03 bits per heavy atom. The van der Waals surface area contributed by atoms with Gasteiger partial charge in [0.2, 0.25) is 5.91 Å². The summed E-state index contributed by atoms with van der Waals surface area (Å²) < 4.78 is 11.0. The average molecular weight is 405 g/mol. The molecule has 0 bridgehead atoms. The van der Waals surface area contributed by atoms with Crippen molar-refractivity contribution in [2.45, 2.75) is 12.3 Å². The van der Waals surface area contributed by atoms with Crippen LogP contribution < -0.4 is 10.2 Å². The van der Waals surface area contributed by atoms with Gasteiger partial charge >= 0.3 is 0 Å². The lowest BCUT2D eigenvalue weighted by Crippen LogP contribution is -2.20. The number of rotatable bonds is 7. The van der Waals surface area contributed by atoms with Gasteiger partial charge in [0.25, 0.3) is 5.69 Å². The molecular weight excluding hydrogens is 386 g/mol. The lowest BCUT2D eigenvalue weighted by Gasteiger charge is -2.05. The van der Waals surface area contributed by atoms with Crippen LogP contribution >= 0.6 is 0 Å². The Balaban J connectivity index is 1.41. The Labute approximate surface area is 172 Å². The second kappa shape index (κ2) is 8.20. The van der Waals surface area contributed by atoms with E-state index < -0.39 is 4.92 Å². The number of carbonyl (C=O) groups is 1. The highest BCUT2D eigenvalue weighted by Crippen LogP contribution is 2.47. The molecule has 8 nitrogen and oxygen atoms in total. The van der Waals surface area contributed by atoms with Gasteiger partial charge in [-0.1, -0.05) is 30.3 Å². The van der Waals surface area contributed by atoms with Gasteiger partial charge in [-0.15, -0.1) is 0 Å². The van der Waals surface area contributed by atoms with Crippen molar-refractivity contribution in [3.8, 4) is 17.1 Å². The molecule has 152 valence electrons. The summed E-state index contributed by atoms with van der Waals surface area (Å²) in [6, 6.07) is 17.5. The molecule has 30 heavy (non-hydrogen) atoms. The summed E-state index contributed by atoms with van der Waals surface area (Å²) in [5, 5.41) is 15.0. The largest absolute Gasteiger partial charge is 0.496 e. The zero-order valence-electron chi connectivity index (χ0n) is 16.1. The fourth-order valence-electron chi connectivity index (χ4n) is 3.36.